The summed E-state index contributed by atoms with van der Waals surface area (Å²) in [5, 5.41) is 17.4. The molecule has 1 aromatic carbocycles. The first-order valence-electron chi connectivity index (χ1n) is 4.04. The molecule has 13 heavy (non-hydrogen) atoms. The Balaban J connectivity index is 2.91. The van der Waals surface area contributed by atoms with E-state index in [-0.39, 0.29) is 13.0 Å². The van der Waals surface area contributed by atoms with Crippen LogP contribution in [-0.4, -0.2) is 16.2 Å². The second kappa shape index (κ2) is 4.05. The number of hydrogen-bond donors (Lipinski definition) is 2. The van der Waals surface area contributed by atoms with Crippen molar-refractivity contribution in [1.29, 1.82) is 0 Å². The van der Waals surface area contributed by atoms with Crippen molar-refractivity contribution in [3.63, 3.8) is 0 Å². The van der Waals surface area contributed by atoms with Gasteiger partial charge in [-0.1, -0.05) is 18.2 Å². The summed E-state index contributed by atoms with van der Waals surface area (Å²) in [5.74, 6) is -0.833. The van der Waals surface area contributed by atoms with Gasteiger partial charge in [0.05, 0.1) is 13.0 Å². The fourth-order valence-corrected chi connectivity index (χ4v) is 1.22. The number of hydrogen-bond acceptors (Lipinski definition) is 2. The first kappa shape index (κ1) is 9.74. The normalized spacial score (nSPS) is 10.0. The standard InChI is InChI=1S/C10H12O3/c1-7-4-8(6-11)2-3-9(7)5-10(12)13/h2-4,11H,5-6H2,1H3,(H,12,13). The van der Waals surface area contributed by atoms with Crippen LogP contribution in [0, 0.1) is 6.92 Å². The van der Waals surface area contributed by atoms with E-state index in [4.69, 9.17) is 10.2 Å². The van der Waals surface area contributed by atoms with Gasteiger partial charge in [-0.05, 0) is 23.6 Å². The lowest BCUT2D eigenvalue weighted by Crippen LogP contribution is -2.02. The Kier molecular flexibility index (Phi) is 3.03. The van der Waals surface area contributed by atoms with Crippen molar-refractivity contribution in [1.82, 2.24) is 0 Å². The molecule has 0 saturated carbocycles. The largest absolute Gasteiger partial charge is 0.481 e. The first-order chi connectivity index (χ1) is 6.13. The summed E-state index contributed by atoms with van der Waals surface area (Å²) < 4.78 is 0. The van der Waals surface area contributed by atoms with Crippen molar-refractivity contribution in [2.45, 2.75) is 20.0 Å². The Morgan fingerprint density at radius 2 is 2.15 bits per heavy atom. The average molecular weight is 180 g/mol. The van der Waals surface area contributed by atoms with Gasteiger partial charge in [0.2, 0.25) is 0 Å². The fourth-order valence-electron chi connectivity index (χ4n) is 1.22. The maximum absolute atomic E-state index is 10.4. The van der Waals surface area contributed by atoms with Gasteiger partial charge in [0.15, 0.2) is 0 Å². The average Bonchev–Trinajstić information content (AvgIpc) is 2.08. The Morgan fingerprint density at radius 3 is 2.62 bits per heavy atom. The molecule has 70 valence electrons. The van der Waals surface area contributed by atoms with Crippen LogP contribution in [-0.2, 0) is 17.8 Å². The van der Waals surface area contributed by atoms with Crippen LogP contribution < -0.4 is 0 Å². The van der Waals surface area contributed by atoms with Gasteiger partial charge in [-0.25, -0.2) is 0 Å². The lowest BCUT2D eigenvalue weighted by atomic mass is 10.0. The zero-order valence-corrected chi connectivity index (χ0v) is 7.45. The van der Waals surface area contributed by atoms with E-state index in [0.717, 1.165) is 16.7 Å². The number of aryl methyl sites for hydroxylation is 1. The van der Waals surface area contributed by atoms with Gasteiger partial charge >= 0.3 is 5.97 Å². The number of aliphatic hydroxyl groups is 1. The van der Waals surface area contributed by atoms with Crippen LogP contribution in [0.3, 0.4) is 0 Å². The molecule has 0 atom stereocenters. The highest BCUT2D eigenvalue weighted by Gasteiger charge is 2.03. The summed E-state index contributed by atoms with van der Waals surface area (Å²) in [6, 6.07) is 5.29. The molecule has 0 heterocycles. The highest BCUT2D eigenvalue weighted by Crippen LogP contribution is 2.11. The predicted octanol–water partition coefficient (Wildman–Crippen LogP) is 1.11. The molecular formula is C10H12O3. The number of aliphatic hydroxyl groups excluding tert-OH is 1. The van der Waals surface area contributed by atoms with Gasteiger partial charge in [-0.15, -0.1) is 0 Å². The van der Waals surface area contributed by atoms with E-state index in [0.29, 0.717) is 0 Å². The summed E-state index contributed by atoms with van der Waals surface area (Å²) in [4.78, 5) is 10.4. The van der Waals surface area contributed by atoms with E-state index in [1.165, 1.54) is 0 Å². The van der Waals surface area contributed by atoms with E-state index in [1.54, 1.807) is 18.2 Å². The maximum atomic E-state index is 10.4. The van der Waals surface area contributed by atoms with Crippen LogP contribution in [0.1, 0.15) is 16.7 Å². The lowest BCUT2D eigenvalue weighted by molar-refractivity contribution is -0.136. The van der Waals surface area contributed by atoms with Crippen LogP contribution in [0.2, 0.25) is 0 Å². The molecule has 0 aliphatic heterocycles. The molecule has 3 heteroatoms. The third-order valence-corrected chi connectivity index (χ3v) is 1.93. The highest BCUT2D eigenvalue weighted by molar-refractivity contribution is 5.70. The fraction of sp³-hybridized carbons (Fsp3) is 0.300. The molecule has 0 unspecified atom stereocenters. The molecule has 0 spiro atoms. The van der Waals surface area contributed by atoms with Crippen molar-refractivity contribution in [2.75, 3.05) is 0 Å². The molecule has 3 nitrogen and oxygen atoms in total. The van der Waals surface area contributed by atoms with Crippen molar-refractivity contribution in [2.24, 2.45) is 0 Å². The van der Waals surface area contributed by atoms with Crippen LogP contribution in [0.5, 0.6) is 0 Å². The lowest BCUT2D eigenvalue weighted by Gasteiger charge is -2.04. The van der Waals surface area contributed by atoms with Crippen molar-refractivity contribution < 1.29 is 15.0 Å². The smallest absolute Gasteiger partial charge is 0.307 e. The van der Waals surface area contributed by atoms with E-state index in [9.17, 15) is 4.79 Å². The molecule has 0 aliphatic carbocycles. The second-order valence-electron chi connectivity index (χ2n) is 2.99. The number of aliphatic carboxylic acids is 1. The van der Waals surface area contributed by atoms with Crippen LogP contribution in [0.25, 0.3) is 0 Å². The van der Waals surface area contributed by atoms with Crippen LogP contribution in [0.15, 0.2) is 18.2 Å². The van der Waals surface area contributed by atoms with Crippen molar-refractivity contribution in [3.05, 3.63) is 34.9 Å². The van der Waals surface area contributed by atoms with Crippen molar-refractivity contribution in [3.8, 4) is 0 Å². The third-order valence-electron chi connectivity index (χ3n) is 1.93. The monoisotopic (exact) mass is 180 g/mol. The Labute approximate surface area is 76.6 Å². The van der Waals surface area contributed by atoms with Gasteiger partial charge in [0.25, 0.3) is 0 Å². The van der Waals surface area contributed by atoms with Gasteiger partial charge < -0.3 is 10.2 Å². The third kappa shape index (κ3) is 2.56. The number of carboxylic acids is 1. The molecule has 0 aromatic heterocycles. The molecule has 0 saturated heterocycles. The summed E-state index contributed by atoms with van der Waals surface area (Å²) in [6.07, 6.45) is 0.0392. The minimum absolute atomic E-state index is 0.00576. The van der Waals surface area contributed by atoms with Gasteiger partial charge in [-0.3, -0.25) is 4.79 Å². The first-order valence-corrected chi connectivity index (χ1v) is 4.04. The molecule has 0 aliphatic rings. The molecule has 0 amide bonds. The van der Waals surface area contributed by atoms with E-state index in [2.05, 4.69) is 0 Å². The van der Waals surface area contributed by atoms with Gasteiger partial charge in [-0.2, -0.15) is 0 Å². The SMILES string of the molecule is Cc1cc(CO)ccc1CC(=O)O. The Hall–Kier alpha value is -1.35. The summed E-state index contributed by atoms with van der Waals surface area (Å²) >= 11 is 0. The van der Waals surface area contributed by atoms with E-state index in [1.807, 2.05) is 6.92 Å². The summed E-state index contributed by atoms with van der Waals surface area (Å²) in [5.41, 5.74) is 2.52. The quantitative estimate of drug-likeness (QED) is 0.732. The van der Waals surface area contributed by atoms with Gasteiger partial charge in [0, 0.05) is 0 Å². The highest BCUT2D eigenvalue weighted by atomic mass is 16.4. The van der Waals surface area contributed by atoms with Crippen LogP contribution in [0.4, 0.5) is 0 Å². The van der Waals surface area contributed by atoms with E-state index >= 15 is 0 Å². The molecule has 0 bridgehead atoms. The maximum Gasteiger partial charge on any atom is 0.307 e. The molecule has 0 fully saturated rings. The predicted molar refractivity (Wildman–Crippen MR) is 48.4 cm³/mol. The minimum atomic E-state index is -0.833. The minimum Gasteiger partial charge on any atom is -0.481 e. The van der Waals surface area contributed by atoms with E-state index < -0.39 is 5.97 Å². The van der Waals surface area contributed by atoms with Crippen LogP contribution >= 0.6 is 0 Å². The second-order valence-corrected chi connectivity index (χ2v) is 2.99. The Bertz CT molecular complexity index is 318. The molecule has 2 N–H and O–H groups in total. The molecule has 1 rings (SSSR count). The topological polar surface area (TPSA) is 57.5 Å². The van der Waals surface area contributed by atoms with Gasteiger partial charge in [0.1, 0.15) is 0 Å². The molecular weight excluding hydrogens is 168 g/mol. The summed E-state index contributed by atoms with van der Waals surface area (Å²) in [7, 11) is 0. The summed E-state index contributed by atoms with van der Waals surface area (Å²) in [6.45, 7) is 1.84. The zero-order chi connectivity index (χ0) is 9.84. The molecule has 1 aromatic rings. The zero-order valence-electron chi connectivity index (χ0n) is 7.45. The van der Waals surface area contributed by atoms with Crippen molar-refractivity contribution >= 4 is 5.97 Å². The number of rotatable bonds is 3. The number of carboxylic acid groups (broad SMARTS) is 1. The molecule has 0 radical (unpaired) electrons. The Morgan fingerprint density at radius 1 is 1.46 bits per heavy atom. The number of carbonyl (C=O) groups is 1. The number of benzene rings is 1.